The van der Waals surface area contributed by atoms with E-state index in [9.17, 15) is 9.90 Å². The minimum Gasteiger partial charge on any atom is -0.506 e. The van der Waals surface area contributed by atoms with E-state index in [0.29, 0.717) is 20.1 Å². The third kappa shape index (κ3) is 2.70. The molecule has 1 aromatic carbocycles. The quantitative estimate of drug-likeness (QED) is 0.606. The number of benzene rings is 1. The van der Waals surface area contributed by atoms with Crippen molar-refractivity contribution in [3.05, 3.63) is 27.0 Å². The number of aryl methyl sites for hydroxylation is 1. The van der Waals surface area contributed by atoms with Crippen LogP contribution >= 0.6 is 22.6 Å². The summed E-state index contributed by atoms with van der Waals surface area (Å²) in [5.41, 5.74) is 0.496. The van der Waals surface area contributed by atoms with Gasteiger partial charge in [-0.05, 0) is 62.4 Å². The molecule has 2 rings (SSSR count). The smallest absolute Gasteiger partial charge is 0.375 e. The average Bonchev–Trinajstić information content (AvgIpc) is 2.60. The van der Waals surface area contributed by atoms with Crippen LogP contribution in [0.3, 0.4) is 0 Å². The Morgan fingerprint density at radius 3 is 2.58 bits per heavy atom. The number of phenolic OH excluding ortho intramolecular Hbond substituents is 1. The highest BCUT2D eigenvalue weighted by Crippen LogP contribution is 2.36. The maximum Gasteiger partial charge on any atom is 0.375 e. The lowest BCUT2D eigenvalue weighted by Gasteiger charge is -2.18. The number of hydrogen-bond acceptors (Lipinski definition) is 4. The predicted octanol–water partition coefficient (Wildman–Crippen LogP) is 4.01. The lowest BCUT2D eigenvalue weighted by atomic mass is 10.1. The largest absolute Gasteiger partial charge is 0.506 e. The Balaban J connectivity index is 2.55. The summed E-state index contributed by atoms with van der Waals surface area (Å²) in [6, 6.07) is 3.47. The third-order valence-electron chi connectivity index (χ3n) is 2.60. The van der Waals surface area contributed by atoms with Crippen LogP contribution in [0.2, 0.25) is 0 Å². The Morgan fingerprint density at radius 1 is 1.37 bits per heavy atom. The van der Waals surface area contributed by atoms with Gasteiger partial charge in [0.15, 0.2) is 0 Å². The number of carbonyl (C=O) groups excluding carboxylic acids is 1. The normalized spacial score (nSPS) is 11.8. The zero-order valence-electron chi connectivity index (χ0n) is 11.2. The number of ether oxygens (including phenoxy) is 1. The van der Waals surface area contributed by atoms with Crippen molar-refractivity contribution >= 4 is 39.5 Å². The van der Waals surface area contributed by atoms with Crippen molar-refractivity contribution in [2.75, 3.05) is 0 Å². The first-order valence-electron chi connectivity index (χ1n) is 5.84. The fraction of sp³-hybridized carbons (Fsp3) is 0.357. The lowest BCUT2D eigenvalue weighted by molar-refractivity contribution is 0.00372. The van der Waals surface area contributed by atoms with E-state index >= 15 is 0 Å². The Morgan fingerprint density at radius 2 is 2.00 bits per heavy atom. The molecular formula is C14H15IO4. The molecule has 0 aliphatic heterocycles. The molecule has 102 valence electrons. The summed E-state index contributed by atoms with van der Waals surface area (Å²) < 4.78 is 11.5. The fourth-order valence-electron chi connectivity index (χ4n) is 1.81. The van der Waals surface area contributed by atoms with Crippen molar-refractivity contribution in [2.24, 2.45) is 0 Å². The molecule has 0 bridgehead atoms. The summed E-state index contributed by atoms with van der Waals surface area (Å²) in [6.45, 7) is 7.12. The van der Waals surface area contributed by atoms with Crippen molar-refractivity contribution in [1.29, 1.82) is 0 Å². The molecule has 0 atom stereocenters. The Bertz CT molecular complexity index is 649. The molecule has 0 spiro atoms. The van der Waals surface area contributed by atoms with Gasteiger partial charge in [0.1, 0.15) is 16.9 Å². The molecule has 5 heteroatoms. The summed E-state index contributed by atoms with van der Waals surface area (Å²) in [6.07, 6.45) is 0. The van der Waals surface area contributed by atoms with Crippen LogP contribution in [0.25, 0.3) is 11.0 Å². The van der Waals surface area contributed by atoms with E-state index in [2.05, 4.69) is 0 Å². The molecule has 2 aromatic rings. The summed E-state index contributed by atoms with van der Waals surface area (Å²) in [4.78, 5) is 12.0. The van der Waals surface area contributed by atoms with Gasteiger partial charge in [-0.15, -0.1) is 0 Å². The molecule has 0 radical (unpaired) electrons. The fourth-order valence-corrected chi connectivity index (χ4v) is 2.26. The van der Waals surface area contributed by atoms with E-state index in [1.54, 1.807) is 39.8 Å². The number of fused-ring (bicyclic) bond motifs is 1. The number of carbonyl (C=O) groups is 1. The number of halogens is 1. The van der Waals surface area contributed by atoms with E-state index in [1.807, 2.05) is 22.6 Å². The second-order valence-electron chi connectivity index (χ2n) is 5.33. The maximum absolute atomic E-state index is 12.0. The van der Waals surface area contributed by atoms with Crippen LogP contribution < -0.4 is 0 Å². The number of rotatable bonds is 1. The molecule has 0 saturated carbocycles. The second kappa shape index (κ2) is 4.70. The zero-order chi connectivity index (χ0) is 14.4. The monoisotopic (exact) mass is 374 g/mol. The lowest BCUT2D eigenvalue weighted by Crippen LogP contribution is -2.23. The number of phenols is 1. The molecule has 0 aliphatic carbocycles. The first-order valence-corrected chi connectivity index (χ1v) is 6.92. The van der Waals surface area contributed by atoms with Crippen molar-refractivity contribution in [3.63, 3.8) is 0 Å². The van der Waals surface area contributed by atoms with Gasteiger partial charge in [-0.25, -0.2) is 4.79 Å². The van der Waals surface area contributed by atoms with Gasteiger partial charge < -0.3 is 14.3 Å². The predicted molar refractivity (Wildman–Crippen MR) is 80.5 cm³/mol. The van der Waals surface area contributed by atoms with Gasteiger partial charge in [0.05, 0.1) is 8.96 Å². The van der Waals surface area contributed by atoms with Crippen LogP contribution in [0.5, 0.6) is 5.75 Å². The molecule has 4 nitrogen and oxygen atoms in total. The van der Waals surface area contributed by atoms with Crippen LogP contribution in [-0.2, 0) is 4.74 Å². The van der Waals surface area contributed by atoms with Crippen LogP contribution in [0.4, 0.5) is 0 Å². The highest BCUT2D eigenvalue weighted by Gasteiger charge is 2.25. The molecule has 0 saturated heterocycles. The van der Waals surface area contributed by atoms with Crippen LogP contribution in [0.1, 0.15) is 36.9 Å². The van der Waals surface area contributed by atoms with Crippen molar-refractivity contribution in [1.82, 2.24) is 0 Å². The summed E-state index contributed by atoms with van der Waals surface area (Å²) in [7, 11) is 0. The maximum atomic E-state index is 12.0. The van der Waals surface area contributed by atoms with E-state index in [1.165, 1.54) is 0 Å². The van der Waals surface area contributed by atoms with E-state index < -0.39 is 11.6 Å². The van der Waals surface area contributed by atoms with Gasteiger partial charge in [0.25, 0.3) is 0 Å². The summed E-state index contributed by atoms with van der Waals surface area (Å²) >= 11 is 2.03. The topological polar surface area (TPSA) is 59.7 Å². The van der Waals surface area contributed by atoms with Gasteiger partial charge in [0.2, 0.25) is 5.76 Å². The number of hydrogen-bond donors (Lipinski definition) is 1. The van der Waals surface area contributed by atoms with Gasteiger partial charge in [0, 0.05) is 5.56 Å². The molecular weight excluding hydrogens is 359 g/mol. The Hall–Kier alpha value is -1.24. The highest BCUT2D eigenvalue weighted by molar-refractivity contribution is 14.1. The molecule has 1 aromatic heterocycles. The number of esters is 1. The molecule has 0 aliphatic rings. The summed E-state index contributed by atoms with van der Waals surface area (Å²) in [5.74, 6) is -0.244. The molecule has 0 amide bonds. The molecule has 0 fully saturated rings. The average molecular weight is 374 g/mol. The molecule has 1 N–H and O–H groups in total. The summed E-state index contributed by atoms with van der Waals surface area (Å²) in [5, 5.41) is 10.6. The molecule has 1 heterocycles. The Labute approximate surface area is 124 Å². The van der Waals surface area contributed by atoms with Gasteiger partial charge in [-0.1, -0.05) is 0 Å². The SMILES string of the molecule is Cc1c(C(=O)OC(C)(C)C)oc2ccc(I)c(O)c12. The number of aromatic hydroxyl groups is 1. The van der Waals surface area contributed by atoms with Gasteiger partial charge >= 0.3 is 5.97 Å². The van der Waals surface area contributed by atoms with E-state index in [0.717, 1.165) is 0 Å². The van der Waals surface area contributed by atoms with E-state index in [-0.39, 0.29) is 11.5 Å². The second-order valence-corrected chi connectivity index (χ2v) is 6.49. The van der Waals surface area contributed by atoms with Crippen LogP contribution in [-0.4, -0.2) is 16.7 Å². The first kappa shape index (κ1) is 14.2. The minimum atomic E-state index is -0.584. The molecule has 19 heavy (non-hydrogen) atoms. The van der Waals surface area contributed by atoms with Crippen molar-refractivity contribution in [2.45, 2.75) is 33.3 Å². The first-order chi connectivity index (χ1) is 8.70. The van der Waals surface area contributed by atoms with E-state index in [4.69, 9.17) is 9.15 Å². The minimum absolute atomic E-state index is 0.133. The zero-order valence-corrected chi connectivity index (χ0v) is 13.4. The van der Waals surface area contributed by atoms with Crippen molar-refractivity contribution < 1.29 is 19.1 Å². The van der Waals surface area contributed by atoms with Crippen LogP contribution in [0.15, 0.2) is 16.5 Å². The van der Waals surface area contributed by atoms with Crippen molar-refractivity contribution in [3.8, 4) is 5.75 Å². The number of furan rings is 1. The van der Waals surface area contributed by atoms with Gasteiger partial charge in [-0.3, -0.25) is 0 Å². The standard InChI is InChI=1S/C14H15IO4/c1-7-10-9(6-5-8(15)11(10)16)18-12(7)13(17)19-14(2,3)4/h5-6,16H,1-4H3. The van der Waals surface area contributed by atoms with Crippen LogP contribution in [0, 0.1) is 10.5 Å². The third-order valence-corrected chi connectivity index (χ3v) is 3.47. The van der Waals surface area contributed by atoms with Gasteiger partial charge in [-0.2, -0.15) is 0 Å². The highest BCUT2D eigenvalue weighted by atomic mass is 127. The molecule has 0 unspecified atom stereocenters. The Kier molecular flexibility index (Phi) is 3.51.